The van der Waals surface area contributed by atoms with Crippen molar-refractivity contribution in [1.82, 2.24) is 60.3 Å². The maximum absolute atomic E-state index is 13.4. The zero-order chi connectivity index (χ0) is 87.5. The van der Waals surface area contributed by atoms with Crippen molar-refractivity contribution in [2.45, 2.75) is 198 Å². The van der Waals surface area contributed by atoms with E-state index < -0.39 is 180 Å². The molecule has 0 bridgehead atoms. The number of aliphatic hydroxyl groups excluding tert-OH is 4. The number of ketones is 2. The number of phosphoric acid groups is 6. The third kappa shape index (κ3) is 27.3. The van der Waals surface area contributed by atoms with Crippen molar-refractivity contribution < 1.29 is 161 Å². The summed E-state index contributed by atoms with van der Waals surface area (Å²) >= 11 is 0. The molecule has 2 aliphatic heterocycles. The number of carbonyl (C=O) groups is 6. The number of unbranched alkanes of at least 4 members (excludes halogenated alkanes) is 3. The van der Waals surface area contributed by atoms with Gasteiger partial charge in [-0.05, 0) is 75.3 Å². The highest BCUT2D eigenvalue weighted by Crippen LogP contribution is 2.59. The van der Waals surface area contributed by atoms with E-state index in [2.05, 4.69) is 99.1 Å². The molecule has 9 rings (SSSR count). The number of aryl methyl sites for hydroxylation is 2. The van der Waals surface area contributed by atoms with Crippen molar-refractivity contribution in [2.75, 3.05) is 64.1 Å². The second-order valence-corrected chi connectivity index (χ2v) is 38.5. The summed E-state index contributed by atoms with van der Waals surface area (Å²) in [5.74, 6) is -3.34. The smallest absolute Gasteiger partial charge is 0.274 e. The third-order valence-electron chi connectivity index (χ3n) is 20.4. The minimum absolute atomic E-state index is 0.0175. The number of hydrogen-bond donors (Lipinski definition) is 10. The van der Waals surface area contributed by atoms with Crippen LogP contribution in [0.1, 0.15) is 148 Å². The number of Topliss-reactive ketones (excluding diaryl/α,β-unsaturated/α-hetero) is 2. The topological polar surface area (TPSA) is 750 Å². The number of fused-ring (bicyclic) bond motifs is 2. The highest BCUT2D eigenvalue weighted by atomic mass is 31.3. The predicted molar refractivity (Wildman–Crippen MR) is 390 cm³/mol. The number of amides is 4. The molecule has 2 aliphatic carbocycles. The van der Waals surface area contributed by atoms with Gasteiger partial charge in [-0.1, -0.05) is 71.2 Å². The molecule has 0 radical (unpaired) electrons. The number of ether oxygens (including phenoxy) is 2. The van der Waals surface area contributed by atoms with Crippen LogP contribution in [-0.4, -0.2) is 196 Å². The van der Waals surface area contributed by atoms with Crippen LogP contribution in [0.2, 0.25) is 0 Å². The largest absolute Gasteiger partial charge is 0.790 e. The molecule has 4 aliphatic rings. The standard InChI is InChI=1S/C65H100N14O34P6/c1-62(2,32-106-118(100,101)112-116(96,97)104-30-40-50(110-114(90,91)92)48(84)60(108-40)78-36-76-46-54(66)72-34-74-56(46)78)52(86)58(88)70-28-18-44(82)68-26-16-42(80)64(22-23-64)20-10-5-6-12-38-13-7-8-14-39(38)15-9-11-21-65(24-25-65)43(81)17-27-69-45(83)19-29-71-59(89)53(87)63(3,4)33-107-119(102,103)113-117(98,99)105-31-41-51(111-115(93,94)95)49(85)61(109-41)79-37-77-47-55(67)73-35-75-57(47)79/h7-8,13-14,34-37,40-41,48-53,60-61,84-87H,5-6,9-12,15-33H2,1-4H3,(H,68,82)(H,69,83)(H,70,88)(H,71,89)(H,96,97)(H,98,99)(H,100,101)(H,102,103)(H2,66,72,74)(H2,67,73,75)(H2,90,91,92)(H2,93,94,95)/p-8. The zero-order valence-corrected chi connectivity index (χ0v) is 69.9. The Balaban J connectivity index is 0.588. The Hall–Kier alpha value is -6.36. The average Bonchev–Trinajstić information content (AvgIpc) is 1.61. The molecule has 12 N–H and O–H groups in total. The van der Waals surface area contributed by atoms with Gasteiger partial charge in [0.2, 0.25) is 23.6 Å². The van der Waals surface area contributed by atoms with Gasteiger partial charge in [-0.15, -0.1) is 0 Å². The number of nitrogens with zero attached hydrogens (tertiary/aromatic N) is 8. The monoisotopic (exact) mass is 1800 g/mol. The van der Waals surface area contributed by atoms with Gasteiger partial charge in [-0.25, -0.2) is 38.5 Å². The first kappa shape index (κ1) is 96.5. The number of aromatic nitrogens is 8. The number of anilines is 2. The Morgan fingerprint density at radius 2 is 0.874 bits per heavy atom. The van der Waals surface area contributed by atoms with E-state index in [1.54, 1.807) is 0 Å². The lowest BCUT2D eigenvalue weighted by molar-refractivity contribution is -0.348. The maximum atomic E-state index is 13.4. The van der Waals surface area contributed by atoms with Gasteiger partial charge in [0.15, 0.2) is 35.4 Å². The normalized spacial score (nSPS) is 23.0. The van der Waals surface area contributed by atoms with E-state index >= 15 is 0 Å². The fraction of sp³-hybridized carbons (Fsp3) is 0.662. The first-order valence-electron chi connectivity index (χ1n) is 37.3. The van der Waals surface area contributed by atoms with E-state index in [-0.39, 0.29) is 97.4 Å². The first-order chi connectivity index (χ1) is 55.5. The van der Waals surface area contributed by atoms with E-state index in [9.17, 15) is 116 Å². The molecule has 2 saturated heterocycles. The number of nitrogen functional groups attached to an aromatic ring is 2. The molecular weight excluding hydrogens is 1710 g/mol. The van der Waals surface area contributed by atoms with Gasteiger partial charge in [-0.3, -0.25) is 56.2 Å². The van der Waals surface area contributed by atoms with E-state index in [0.717, 1.165) is 105 Å². The van der Waals surface area contributed by atoms with Crippen LogP contribution in [0.3, 0.4) is 0 Å². The average molecular weight is 1800 g/mol. The van der Waals surface area contributed by atoms with Gasteiger partial charge in [-0.2, -0.15) is 0 Å². The lowest BCUT2D eigenvalue weighted by Gasteiger charge is -2.36. The van der Waals surface area contributed by atoms with Gasteiger partial charge in [0, 0.05) is 73.5 Å². The van der Waals surface area contributed by atoms with Crippen molar-refractivity contribution >= 4 is 116 Å². The molecule has 54 heteroatoms. The Kier molecular flexibility index (Phi) is 32.5. The molecule has 2 saturated carbocycles. The van der Waals surface area contributed by atoms with Crippen LogP contribution in [0.4, 0.5) is 11.6 Å². The second-order valence-electron chi connectivity index (χ2n) is 30.4. The molecule has 119 heavy (non-hydrogen) atoms. The summed E-state index contributed by atoms with van der Waals surface area (Å²) in [5, 5.41) is 53.4. The van der Waals surface area contributed by atoms with Crippen LogP contribution >= 0.6 is 46.9 Å². The van der Waals surface area contributed by atoms with Crippen molar-refractivity contribution in [3.63, 3.8) is 0 Å². The lowest BCUT2D eigenvalue weighted by atomic mass is 9.87. The number of imidazole rings is 2. The molecule has 14 unspecified atom stereocenters. The van der Waals surface area contributed by atoms with E-state index in [4.69, 9.17) is 20.9 Å². The van der Waals surface area contributed by atoms with E-state index in [1.807, 2.05) is 12.1 Å². The number of nitrogens with one attached hydrogen (secondary N) is 4. The number of hydrogen-bond acceptors (Lipinski definition) is 42. The van der Waals surface area contributed by atoms with Crippen LogP contribution in [0.15, 0.2) is 49.6 Å². The van der Waals surface area contributed by atoms with Crippen LogP contribution in [0.25, 0.3) is 22.3 Å². The molecule has 4 fully saturated rings. The van der Waals surface area contributed by atoms with Crippen molar-refractivity contribution in [1.29, 1.82) is 0 Å². The molecule has 664 valence electrons. The Morgan fingerprint density at radius 3 is 1.24 bits per heavy atom. The van der Waals surface area contributed by atoms with E-state index in [0.29, 0.717) is 12.8 Å². The highest BCUT2D eigenvalue weighted by molar-refractivity contribution is 7.60. The highest BCUT2D eigenvalue weighted by Gasteiger charge is 2.52. The van der Waals surface area contributed by atoms with Crippen molar-refractivity contribution in [3.8, 4) is 0 Å². The number of carbonyl (C=O) groups excluding carboxylic acids is 6. The van der Waals surface area contributed by atoms with Crippen molar-refractivity contribution in [3.05, 3.63) is 60.7 Å². The number of benzene rings is 1. The second kappa shape index (κ2) is 40.1. The molecule has 48 nitrogen and oxygen atoms in total. The molecule has 0 spiro atoms. The quantitative estimate of drug-likeness (QED) is 0.0135. The molecule has 4 amide bonds. The molecule has 5 aromatic rings. The minimum Gasteiger partial charge on any atom is -0.790 e. The summed E-state index contributed by atoms with van der Waals surface area (Å²) in [6, 6.07) is 8.13. The fourth-order valence-electron chi connectivity index (χ4n) is 13.4. The number of aliphatic hydroxyl groups is 4. The summed E-state index contributed by atoms with van der Waals surface area (Å²) in [6.07, 6.45) is -5.62. The van der Waals surface area contributed by atoms with Gasteiger partial charge < -0.3 is 138 Å². The van der Waals surface area contributed by atoms with Gasteiger partial charge >= 0.3 is 0 Å². The Morgan fingerprint density at radius 1 is 0.521 bits per heavy atom. The molecule has 4 aromatic heterocycles. The third-order valence-corrected chi connectivity index (χ3v) is 26.4. The maximum Gasteiger partial charge on any atom is 0.274 e. The lowest BCUT2D eigenvalue weighted by Crippen LogP contribution is -2.46. The van der Waals surface area contributed by atoms with Crippen LogP contribution in [0, 0.1) is 21.7 Å². The van der Waals surface area contributed by atoms with Gasteiger partial charge in [0.05, 0.1) is 54.7 Å². The summed E-state index contributed by atoms with van der Waals surface area (Å²) in [7, 11) is -35.6. The van der Waals surface area contributed by atoms with E-state index in [1.165, 1.54) is 38.8 Å². The summed E-state index contributed by atoms with van der Waals surface area (Å²) in [5.41, 5.74) is 9.45. The van der Waals surface area contributed by atoms with Crippen molar-refractivity contribution in [2.24, 2.45) is 21.7 Å². The Labute approximate surface area is 679 Å². The van der Waals surface area contributed by atoms with Crippen LogP contribution < -0.4 is 71.9 Å². The Bertz CT molecular complexity index is 4730. The molecule has 1 aromatic carbocycles. The number of phosphoric ester groups is 6. The summed E-state index contributed by atoms with van der Waals surface area (Å²) in [4.78, 5) is 198. The summed E-state index contributed by atoms with van der Waals surface area (Å²) < 4.78 is 123. The number of nitrogens with two attached hydrogens (primary N) is 2. The molecule has 14 atom stereocenters. The molecular formula is C65H92N14O34P6-8. The van der Waals surface area contributed by atoms with Gasteiger partial charge in [0.1, 0.15) is 84.1 Å². The van der Waals surface area contributed by atoms with Crippen LogP contribution in [-0.2, 0) is 114 Å². The van der Waals surface area contributed by atoms with Crippen LogP contribution in [0.5, 0.6) is 0 Å². The molecule has 6 heterocycles. The predicted octanol–water partition coefficient (Wildman–Crippen LogP) is -3.24. The first-order valence-corrected chi connectivity index (χ1v) is 46.1. The van der Waals surface area contributed by atoms with Gasteiger partial charge in [0.25, 0.3) is 31.3 Å². The number of rotatable bonds is 51. The SMILES string of the molecule is CC(C)(COP(=O)([O-])OP(=O)([O-])OCC1OC(n2cnc3c(N)ncnc32)C(O)C1OP(=O)([O-])[O-])C(O)C(=O)NCCC(=O)NCCC(=O)C1(CCCCCc2ccccc2CCCCC2(C(=O)CCNC(=O)CCNC(=O)C(O)C(C)(C)COP(=O)([O-])OP(=O)([O-])OCC3OC(n4cnc5c(N)ncnc54)C(O)C3OP(=O)([O-])[O-])CC2)CC1. The zero-order valence-electron chi connectivity index (χ0n) is 64.5. The minimum atomic E-state index is -5.99. The summed E-state index contributed by atoms with van der Waals surface area (Å²) in [6.45, 7) is -0.539. The fourth-order valence-corrected chi connectivity index (χ4v) is 18.9.